The van der Waals surface area contributed by atoms with Crippen molar-refractivity contribution in [3.63, 3.8) is 0 Å². The summed E-state index contributed by atoms with van der Waals surface area (Å²) in [4.78, 5) is 50.1. The van der Waals surface area contributed by atoms with Crippen LogP contribution in [0, 0.1) is 5.92 Å². The van der Waals surface area contributed by atoms with Gasteiger partial charge in [-0.25, -0.2) is 0 Å². The lowest BCUT2D eigenvalue weighted by Gasteiger charge is -2.22. The third-order valence-electron chi connectivity index (χ3n) is 8.48. The van der Waals surface area contributed by atoms with Gasteiger partial charge in [-0.1, -0.05) is 49.4 Å². The first-order valence-corrected chi connectivity index (χ1v) is 16.8. The number of carboxylic acid groups (broad SMARTS) is 1. The number of unbranched alkanes of at least 4 members (excludes halogenated alkanes) is 1. The number of carbonyl (C=O) groups excluding carboxylic acids is 3. The van der Waals surface area contributed by atoms with Crippen molar-refractivity contribution in [2.75, 3.05) is 20.3 Å². The molecule has 0 saturated heterocycles. The van der Waals surface area contributed by atoms with E-state index in [2.05, 4.69) is 12.2 Å². The number of rotatable bonds is 22. The van der Waals surface area contributed by atoms with Crippen molar-refractivity contribution in [1.82, 2.24) is 5.32 Å². The third-order valence-corrected chi connectivity index (χ3v) is 8.48. The monoisotopic (exact) mass is 674 g/mol. The van der Waals surface area contributed by atoms with Crippen molar-refractivity contribution < 1.29 is 33.8 Å². The zero-order chi connectivity index (χ0) is 35.8. The van der Waals surface area contributed by atoms with Gasteiger partial charge in [0.25, 0.3) is 0 Å². The number of methoxy groups -OCH3 is 1. The molecule has 264 valence electrons. The lowest BCUT2D eigenvalue weighted by molar-refractivity contribution is -0.139. The average molecular weight is 675 g/mol. The molecular weight excluding hydrogens is 624 g/mol. The Balaban J connectivity index is 1.69. The van der Waals surface area contributed by atoms with Gasteiger partial charge in [0, 0.05) is 12.3 Å². The van der Waals surface area contributed by atoms with Crippen LogP contribution in [-0.4, -0.2) is 61.0 Å². The number of ketones is 1. The van der Waals surface area contributed by atoms with E-state index in [1.54, 1.807) is 7.11 Å². The van der Waals surface area contributed by atoms with Crippen LogP contribution in [-0.2, 0) is 38.4 Å². The minimum absolute atomic E-state index is 0.174. The van der Waals surface area contributed by atoms with E-state index < -0.39 is 48.0 Å². The van der Waals surface area contributed by atoms with Gasteiger partial charge in [-0.3, -0.25) is 19.2 Å². The van der Waals surface area contributed by atoms with Gasteiger partial charge in [-0.2, -0.15) is 0 Å². The van der Waals surface area contributed by atoms with E-state index in [0.29, 0.717) is 32.4 Å². The molecule has 0 unspecified atom stereocenters. The molecule has 0 radical (unpaired) electrons. The number of benzene rings is 3. The Labute approximate surface area is 288 Å². The Morgan fingerprint density at radius 2 is 1.55 bits per heavy atom. The molecule has 11 heteroatoms. The summed E-state index contributed by atoms with van der Waals surface area (Å²) in [6.07, 6.45) is 3.47. The summed E-state index contributed by atoms with van der Waals surface area (Å²) in [6.45, 7) is 3.30. The fraction of sp³-hybridized carbons (Fsp3) is 0.421. The zero-order valence-electron chi connectivity index (χ0n) is 28.5. The number of nitrogens with one attached hydrogen (secondary N) is 1. The quantitative estimate of drug-likeness (QED) is 0.0980. The van der Waals surface area contributed by atoms with E-state index in [-0.39, 0.29) is 12.8 Å². The second-order valence-corrected chi connectivity index (χ2v) is 12.2. The molecule has 11 nitrogen and oxygen atoms in total. The van der Waals surface area contributed by atoms with Crippen molar-refractivity contribution in [3.8, 4) is 22.6 Å². The molecule has 0 heterocycles. The molecular formula is C38H50N4O7. The Bertz CT molecular complexity index is 1530. The number of hydrogen-bond acceptors (Lipinski definition) is 8. The summed E-state index contributed by atoms with van der Waals surface area (Å²) < 4.78 is 11.1. The first-order chi connectivity index (χ1) is 23.5. The summed E-state index contributed by atoms with van der Waals surface area (Å²) in [5.74, 6) is -2.31. The number of amides is 2. The van der Waals surface area contributed by atoms with Gasteiger partial charge < -0.3 is 37.1 Å². The van der Waals surface area contributed by atoms with Gasteiger partial charge in [0.15, 0.2) is 5.78 Å². The number of Topliss-reactive ketones (excluding diaryl/α,β-unsaturated/α-hetero) is 1. The van der Waals surface area contributed by atoms with Gasteiger partial charge in [-0.15, -0.1) is 0 Å². The lowest BCUT2D eigenvalue weighted by atomic mass is 9.89. The van der Waals surface area contributed by atoms with Crippen molar-refractivity contribution in [2.45, 2.75) is 76.8 Å². The first kappa shape index (κ1) is 38.7. The lowest BCUT2D eigenvalue weighted by Crippen LogP contribution is -2.48. The van der Waals surface area contributed by atoms with Gasteiger partial charge in [0.05, 0.1) is 26.2 Å². The molecule has 0 spiro atoms. The minimum atomic E-state index is -1.26. The maximum absolute atomic E-state index is 13.6. The molecule has 0 aliphatic carbocycles. The normalized spacial score (nSPS) is 12.8. The predicted molar refractivity (Wildman–Crippen MR) is 189 cm³/mol. The predicted octanol–water partition coefficient (Wildman–Crippen LogP) is 3.96. The number of ether oxygens (including phenoxy) is 2. The number of carbonyl (C=O) groups is 4. The van der Waals surface area contributed by atoms with E-state index in [0.717, 1.165) is 58.6 Å². The smallest absolute Gasteiger partial charge is 0.305 e. The summed E-state index contributed by atoms with van der Waals surface area (Å²) in [5, 5.41) is 11.9. The second-order valence-electron chi connectivity index (χ2n) is 12.2. The highest BCUT2D eigenvalue weighted by Crippen LogP contribution is 2.29. The van der Waals surface area contributed by atoms with Crippen molar-refractivity contribution in [2.24, 2.45) is 23.1 Å². The van der Waals surface area contributed by atoms with E-state index in [9.17, 15) is 19.2 Å². The first-order valence-electron chi connectivity index (χ1n) is 16.8. The van der Waals surface area contributed by atoms with Crippen LogP contribution in [0.15, 0.2) is 66.7 Å². The Kier molecular flexibility index (Phi) is 15.7. The van der Waals surface area contributed by atoms with E-state index in [4.69, 9.17) is 31.8 Å². The van der Waals surface area contributed by atoms with Crippen LogP contribution >= 0.6 is 0 Å². The molecule has 3 atom stereocenters. The minimum Gasteiger partial charge on any atom is -0.497 e. The van der Waals surface area contributed by atoms with Crippen LogP contribution in [0.5, 0.6) is 11.5 Å². The van der Waals surface area contributed by atoms with E-state index in [1.807, 2.05) is 66.7 Å². The fourth-order valence-electron chi connectivity index (χ4n) is 5.60. The van der Waals surface area contributed by atoms with Crippen LogP contribution in [0.25, 0.3) is 11.1 Å². The number of aryl methyl sites for hydroxylation is 2. The van der Waals surface area contributed by atoms with Gasteiger partial charge in [0.1, 0.15) is 17.5 Å². The molecule has 8 N–H and O–H groups in total. The fourth-order valence-corrected chi connectivity index (χ4v) is 5.60. The highest BCUT2D eigenvalue weighted by molar-refractivity contribution is 5.93. The van der Waals surface area contributed by atoms with Crippen LogP contribution in [0.1, 0.15) is 62.1 Å². The number of nitrogens with two attached hydrogens (primary N) is 3. The summed E-state index contributed by atoms with van der Waals surface area (Å²) in [7, 11) is 1.63. The van der Waals surface area contributed by atoms with Crippen molar-refractivity contribution >= 4 is 23.6 Å². The van der Waals surface area contributed by atoms with E-state index >= 15 is 0 Å². The number of carboxylic acids is 1. The molecule has 0 aliphatic rings. The Hall–Kier alpha value is -4.74. The molecule has 3 aromatic rings. The van der Waals surface area contributed by atoms with Gasteiger partial charge in [-0.05, 0) is 104 Å². The van der Waals surface area contributed by atoms with Crippen LogP contribution in [0.2, 0.25) is 0 Å². The highest BCUT2D eigenvalue weighted by atomic mass is 16.5. The third kappa shape index (κ3) is 12.7. The molecule has 0 fully saturated rings. The van der Waals surface area contributed by atoms with Crippen LogP contribution in [0.3, 0.4) is 0 Å². The standard InChI is InChI=1S/C38H50N4O7/c1-3-27-22-31(48-2)17-18-32(27)28-13-9-26(10-14-28)21-29(23-35(43)33(40)24-36(44)45)38(47)42-34(37(41)46)8-6-7-25-11-15-30(16-12-25)49-20-5-4-19-39/h9-18,22,29,33-34H,3-8,19-21,23-24,39-40H2,1-2H3,(H2,41,46)(H,42,47)(H,44,45)/t29-,33+,34+/m1/s1. The maximum Gasteiger partial charge on any atom is 0.305 e. The molecule has 0 saturated carbocycles. The number of primary amides is 1. The largest absolute Gasteiger partial charge is 0.497 e. The van der Waals surface area contributed by atoms with Gasteiger partial charge in [0.2, 0.25) is 11.8 Å². The second kappa shape index (κ2) is 19.9. The van der Waals surface area contributed by atoms with Crippen molar-refractivity contribution in [1.29, 1.82) is 0 Å². The van der Waals surface area contributed by atoms with E-state index in [1.165, 1.54) is 0 Å². The number of hydrogen-bond donors (Lipinski definition) is 5. The molecule has 0 bridgehead atoms. The molecule has 3 aromatic carbocycles. The maximum atomic E-state index is 13.6. The summed E-state index contributed by atoms with van der Waals surface area (Å²) in [5.41, 5.74) is 22.1. The Morgan fingerprint density at radius 3 is 2.16 bits per heavy atom. The molecule has 49 heavy (non-hydrogen) atoms. The van der Waals surface area contributed by atoms with Crippen LogP contribution in [0.4, 0.5) is 0 Å². The Morgan fingerprint density at radius 1 is 0.878 bits per heavy atom. The zero-order valence-corrected chi connectivity index (χ0v) is 28.5. The summed E-state index contributed by atoms with van der Waals surface area (Å²) in [6, 6.07) is 19.1. The molecule has 2 amide bonds. The SMILES string of the molecule is CCc1cc(OC)ccc1-c1ccc(C[C@H](CC(=O)[C@@H](N)CC(=O)O)C(=O)N[C@@H](CCCc2ccc(OCCCCN)cc2)C(N)=O)cc1. The number of aliphatic carboxylic acids is 1. The molecule has 3 rings (SSSR count). The topological polar surface area (TPSA) is 197 Å². The van der Waals surface area contributed by atoms with Crippen LogP contribution < -0.4 is 32.0 Å². The highest BCUT2D eigenvalue weighted by Gasteiger charge is 2.29. The average Bonchev–Trinajstić information content (AvgIpc) is 3.09. The summed E-state index contributed by atoms with van der Waals surface area (Å²) >= 11 is 0. The van der Waals surface area contributed by atoms with Gasteiger partial charge >= 0.3 is 5.97 Å². The van der Waals surface area contributed by atoms with Crippen molar-refractivity contribution in [3.05, 3.63) is 83.4 Å². The molecule has 0 aliphatic heterocycles. The molecule has 0 aromatic heterocycles.